The molecule has 1 unspecified atom stereocenters. The van der Waals surface area contributed by atoms with Gasteiger partial charge in [0.1, 0.15) is 5.78 Å². The predicted octanol–water partition coefficient (Wildman–Crippen LogP) is 3.16. The van der Waals surface area contributed by atoms with E-state index in [2.05, 4.69) is 25.0 Å². The number of hydrogen-bond acceptors (Lipinski definition) is 2. The molecule has 94 valence electrons. The maximum Gasteiger partial charge on any atom is 0.133 e. The van der Waals surface area contributed by atoms with Gasteiger partial charge < -0.3 is 0 Å². The molecule has 17 heavy (non-hydrogen) atoms. The first kappa shape index (κ1) is 12.3. The van der Waals surface area contributed by atoms with Crippen LogP contribution in [0.5, 0.6) is 0 Å². The van der Waals surface area contributed by atoms with E-state index in [0.29, 0.717) is 17.7 Å². The summed E-state index contributed by atoms with van der Waals surface area (Å²) in [4.78, 5) is 11.6. The summed E-state index contributed by atoms with van der Waals surface area (Å²) < 4.78 is 1.99. The van der Waals surface area contributed by atoms with Crippen LogP contribution in [-0.4, -0.2) is 15.6 Å². The lowest BCUT2D eigenvalue weighted by Gasteiger charge is -2.11. The maximum atomic E-state index is 11.6. The molecule has 1 atom stereocenters. The smallest absolute Gasteiger partial charge is 0.133 e. The standard InChI is InChI=1S/C14H22N2O/c1-11(2)16-8-7-13(15-16)9-12-5-3-4-6-14(17)10-12/h7-8,11-12H,3-6,9-10H2,1-2H3. The molecule has 0 saturated heterocycles. The Morgan fingerprint density at radius 2 is 2.29 bits per heavy atom. The van der Waals surface area contributed by atoms with E-state index < -0.39 is 0 Å². The lowest BCUT2D eigenvalue weighted by atomic mass is 9.95. The zero-order valence-corrected chi connectivity index (χ0v) is 10.9. The van der Waals surface area contributed by atoms with Gasteiger partial charge in [-0.3, -0.25) is 9.48 Å². The van der Waals surface area contributed by atoms with Gasteiger partial charge in [-0.05, 0) is 45.1 Å². The summed E-state index contributed by atoms with van der Waals surface area (Å²) in [5.41, 5.74) is 1.14. The van der Waals surface area contributed by atoms with E-state index >= 15 is 0 Å². The zero-order chi connectivity index (χ0) is 12.3. The van der Waals surface area contributed by atoms with Gasteiger partial charge in [-0.1, -0.05) is 6.42 Å². The summed E-state index contributed by atoms with van der Waals surface area (Å²) in [6.07, 6.45) is 8.01. The minimum Gasteiger partial charge on any atom is -0.300 e. The molecule has 0 N–H and O–H groups in total. The summed E-state index contributed by atoms with van der Waals surface area (Å²) in [6.45, 7) is 4.26. The van der Waals surface area contributed by atoms with E-state index in [1.54, 1.807) is 0 Å². The van der Waals surface area contributed by atoms with Crippen LogP contribution in [0.15, 0.2) is 12.3 Å². The van der Waals surface area contributed by atoms with Crippen LogP contribution in [0.25, 0.3) is 0 Å². The number of hydrogen-bond donors (Lipinski definition) is 0. The Labute approximate surface area is 103 Å². The van der Waals surface area contributed by atoms with Crippen LogP contribution in [-0.2, 0) is 11.2 Å². The van der Waals surface area contributed by atoms with Crippen molar-refractivity contribution in [2.75, 3.05) is 0 Å². The highest BCUT2D eigenvalue weighted by Crippen LogP contribution is 2.23. The first-order valence-electron chi connectivity index (χ1n) is 6.71. The molecule has 2 rings (SSSR count). The van der Waals surface area contributed by atoms with E-state index in [4.69, 9.17) is 0 Å². The van der Waals surface area contributed by atoms with Gasteiger partial charge in [0, 0.05) is 25.1 Å². The molecule has 1 aliphatic carbocycles. The zero-order valence-electron chi connectivity index (χ0n) is 10.9. The third-order valence-corrected chi connectivity index (χ3v) is 3.52. The van der Waals surface area contributed by atoms with Crippen molar-refractivity contribution in [2.24, 2.45) is 5.92 Å². The van der Waals surface area contributed by atoms with Gasteiger partial charge in [-0.2, -0.15) is 5.10 Å². The van der Waals surface area contributed by atoms with Crippen molar-refractivity contribution in [3.63, 3.8) is 0 Å². The normalized spacial score (nSPS) is 21.8. The Bertz CT molecular complexity index is 381. The van der Waals surface area contributed by atoms with Crippen LogP contribution in [0.4, 0.5) is 0 Å². The molecule has 1 fully saturated rings. The molecule has 0 spiro atoms. The highest BCUT2D eigenvalue weighted by atomic mass is 16.1. The fourth-order valence-electron chi connectivity index (χ4n) is 2.53. The van der Waals surface area contributed by atoms with Crippen LogP contribution in [0.3, 0.4) is 0 Å². The summed E-state index contributed by atoms with van der Waals surface area (Å²) in [6, 6.07) is 2.51. The maximum absolute atomic E-state index is 11.6. The van der Waals surface area contributed by atoms with E-state index in [0.717, 1.165) is 31.4 Å². The fourth-order valence-corrected chi connectivity index (χ4v) is 2.53. The van der Waals surface area contributed by atoms with Gasteiger partial charge in [-0.25, -0.2) is 0 Å². The second kappa shape index (κ2) is 5.48. The van der Waals surface area contributed by atoms with Crippen molar-refractivity contribution in [1.29, 1.82) is 0 Å². The number of Topliss-reactive ketones (excluding diaryl/α,β-unsaturated/α-hetero) is 1. The molecule has 3 heteroatoms. The first-order valence-corrected chi connectivity index (χ1v) is 6.71. The molecule has 1 saturated carbocycles. The van der Waals surface area contributed by atoms with Crippen LogP contribution >= 0.6 is 0 Å². The molecule has 0 bridgehead atoms. The van der Waals surface area contributed by atoms with Gasteiger partial charge in [0.05, 0.1) is 5.69 Å². The molecule has 1 aromatic heterocycles. The molecule has 1 heterocycles. The molecule has 0 aromatic carbocycles. The number of nitrogens with zero attached hydrogens (tertiary/aromatic N) is 2. The summed E-state index contributed by atoms with van der Waals surface area (Å²) in [7, 11) is 0. The average molecular weight is 234 g/mol. The van der Waals surface area contributed by atoms with Gasteiger partial charge in [-0.15, -0.1) is 0 Å². The Balaban J connectivity index is 1.96. The van der Waals surface area contributed by atoms with Crippen LogP contribution < -0.4 is 0 Å². The van der Waals surface area contributed by atoms with Gasteiger partial charge in [0.15, 0.2) is 0 Å². The first-order chi connectivity index (χ1) is 8.15. The highest BCUT2D eigenvalue weighted by molar-refractivity contribution is 5.78. The van der Waals surface area contributed by atoms with Gasteiger partial charge >= 0.3 is 0 Å². The van der Waals surface area contributed by atoms with Crippen molar-refractivity contribution in [3.05, 3.63) is 18.0 Å². The Kier molecular flexibility index (Phi) is 3.97. The number of rotatable bonds is 3. The molecule has 3 nitrogen and oxygen atoms in total. The van der Waals surface area contributed by atoms with E-state index in [-0.39, 0.29) is 0 Å². The molecule has 0 radical (unpaired) electrons. The van der Waals surface area contributed by atoms with Crippen LogP contribution in [0.2, 0.25) is 0 Å². The predicted molar refractivity (Wildman–Crippen MR) is 67.9 cm³/mol. The van der Waals surface area contributed by atoms with E-state index in [1.807, 2.05) is 10.9 Å². The van der Waals surface area contributed by atoms with Crippen LogP contribution in [0.1, 0.15) is 57.7 Å². The lowest BCUT2D eigenvalue weighted by molar-refractivity contribution is -0.119. The fraction of sp³-hybridized carbons (Fsp3) is 0.714. The van der Waals surface area contributed by atoms with Crippen molar-refractivity contribution < 1.29 is 4.79 Å². The van der Waals surface area contributed by atoms with Gasteiger partial charge in [0.25, 0.3) is 0 Å². The summed E-state index contributed by atoms with van der Waals surface area (Å²) >= 11 is 0. The molecule has 1 aromatic rings. The van der Waals surface area contributed by atoms with Crippen LogP contribution in [0, 0.1) is 5.92 Å². The molecule has 1 aliphatic rings. The average Bonchev–Trinajstić information content (AvgIpc) is 2.63. The van der Waals surface area contributed by atoms with Crippen molar-refractivity contribution in [2.45, 2.75) is 58.4 Å². The lowest BCUT2D eigenvalue weighted by Crippen LogP contribution is -2.09. The summed E-state index contributed by atoms with van der Waals surface area (Å²) in [5, 5.41) is 4.56. The molecular weight excluding hydrogens is 212 g/mol. The monoisotopic (exact) mass is 234 g/mol. The Morgan fingerprint density at radius 1 is 1.47 bits per heavy atom. The number of ketones is 1. The number of aromatic nitrogens is 2. The SMILES string of the molecule is CC(C)n1ccc(CC2CCCCC(=O)C2)n1. The van der Waals surface area contributed by atoms with Crippen molar-refractivity contribution >= 4 is 5.78 Å². The second-order valence-electron chi connectivity index (χ2n) is 5.44. The van der Waals surface area contributed by atoms with E-state index in [1.165, 1.54) is 12.8 Å². The largest absolute Gasteiger partial charge is 0.300 e. The van der Waals surface area contributed by atoms with E-state index in [9.17, 15) is 4.79 Å². The molecule has 0 amide bonds. The molecule has 0 aliphatic heterocycles. The highest BCUT2D eigenvalue weighted by Gasteiger charge is 2.19. The topological polar surface area (TPSA) is 34.9 Å². The third-order valence-electron chi connectivity index (χ3n) is 3.52. The molecular formula is C14H22N2O. The number of carbonyl (C=O) groups excluding carboxylic acids is 1. The Hall–Kier alpha value is -1.12. The number of carbonyl (C=O) groups is 1. The van der Waals surface area contributed by atoms with Gasteiger partial charge in [0.2, 0.25) is 0 Å². The quantitative estimate of drug-likeness (QED) is 0.753. The van der Waals surface area contributed by atoms with Crippen molar-refractivity contribution in [1.82, 2.24) is 9.78 Å². The van der Waals surface area contributed by atoms with Crippen molar-refractivity contribution in [3.8, 4) is 0 Å². The summed E-state index contributed by atoms with van der Waals surface area (Å²) in [5.74, 6) is 0.955. The third kappa shape index (κ3) is 3.42. The minimum absolute atomic E-state index is 0.416. The second-order valence-corrected chi connectivity index (χ2v) is 5.44. The Morgan fingerprint density at radius 3 is 3.00 bits per heavy atom. The minimum atomic E-state index is 0.416.